The van der Waals surface area contributed by atoms with Gasteiger partial charge in [-0.1, -0.05) is 0 Å². The van der Waals surface area contributed by atoms with E-state index in [9.17, 15) is 38.2 Å². The van der Waals surface area contributed by atoms with E-state index in [0.717, 1.165) is 0 Å². The molecular weight excluding hydrogens is 349 g/mol. The smallest absolute Gasteiger partial charge is 0.362 e. The highest BCUT2D eigenvalue weighted by molar-refractivity contribution is 5.87. The predicted octanol–water partition coefficient (Wildman–Crippen LogP) is 2.60. The quantitative estimate of drug-likeness (QED) is 0.626. The summed E-state index contributed by atoms with van der Waals surface area (Å²) in [6, 6.07) is -0.593. The van der Waals surface area contributed by atoms with Gasteiger partial charge in [0.15, 0.2) is 5.69 Å². The van der Waals surface area contributed by atoms with E-state index in [1.54, 1.807) is 0 Å². The van der Waals surface area contributed by atoms with Crippen LogP contribution in [0.4, 0.5) is 30.2 Å². The van der Waals surface area contributed by atoms with Gasteiger partial charge in [-0.05, 0) is 19.3 Å². The lowest BCUT2D eigenvalue weighted by atomic mass is 10.1. The van der Waals surface area contributed by atoms with Gasteiger partial charge in [-0.25, -0.2) is 0 Å². The summed E-state index contributed by atoms with van der Waals surface area (Å²) >= 11 is 0. The minimum absolute atomic E-state index is 0.212. The molecule has 0 unspecified atom stereocenters. The monoisotopic (exact) mass is 362 g/mol. The number of carbonyl (C=O) groups excluding carboxylic acids is 1. The molecule has 0 radical (unpaired) electrons. The van der Waals surface area contributed by atoms with E-state index in [1.165, 1.54) is 0 Å². The molecule has 1 atom stereocenters. The van der Waals surface area contributed by atoms with Crippen LogP contribution in [-0.2, 0) is 11.0 Å². The summed E-state index contributed by atoms with van der Waals surface area (Å²) in [6.07, 6.45) is -3.53. The summed E-state index contributed by atoms with van der Waals surface area (Å²) < 4.78 is 38.6. The van der Waals surface area contributed by atoms with Crippen molar-refractivity contribution in [1.29, 1.82) is 0 Å². The number of nitro groups is 2. The molecule has 2 N–H and O–H groups in total. The Morgan fingerprint density at radius 1 is 1.12 bits per heavy atom. The maximum absolute atomic E-state index is 12.9. The molecule has 0 spiro atoms. The Bertz CT molecular complexity index is 687. The molecular formula is C13H13F3N4O5. The normalized spacial score (nSPS) is 18.2. The summed E-state index contributed by atoms with van der Waals surface area (Å²) in [6.45, 7) is 0.383. The number of hydrogen-bond donors (Lipinski definition) is 2. The van der Waals surface area contributed by atoms with Gasteiger partial charge in [-0.15, -0.1) is 0 Å². The van der Waals surface area contributed by atoms with E-state index >= 15 is 0 Å². The van der Waals surface area contributed by atoms with Gasteiger partial charge >= 0.3 is 6.18 Å². The minimum Gasteiger partial charge on any atom is -0.362 e. The number of benzene rings is 1. The fourth-order valence-electron chi connectivity index (χ4n) is 2.46. The molecule has 1 fully saturated rings. The largest absolute Gasteiger partial charge is 0.416 e. The molecule has 0 aromatic heterocycles. The van der Waals surface area contributed by atoms with Crippen LogP contribution in [0.15, 0.2) is 12.1 Å². The topological polar surface area (TPSA) is 127 Å². The summed E-state index contributed by atoms with van der Waals surface area (Å²) in [4.78, 5) is 31.9. The highest BCUT2D eigenvalue weighted by atomic mass is 19.4. The molecule has 1 saturated heterocycles. The maximum atomic E-state index is 12.9. The number of anilines is 1. The number of nitro benzene ring substituents is 2. The molecule has 1 amide bonds. The van der Waals surface area contributed by atoms with Crippen LogP contribution in [0.5, 0.6) is 0 Å². The third-order valence-corrected chi connectivity index (χ3v) is 3.67. The van der Waals surface area contributed by atoms with Gasteiger partial charge in [0.05, 0.1) is 15.4 Å². The number of carbonyl (C=O) groups is 1. The van der Waals surface area contributed by atoms with Crippen LogP contribution < -0.4 is 10.6 Å². The lowest BCUT2D eigenvalue weighted by Crippen LogP contribution is -2.38. The third-order valence-electron chi connectivity index (χ3n) is 3.67. The standard InChI is InChI=1S/C13H13F3N4O5/c14-13(15,16)7-5-9(19(22)23)11(10(6-7)20(24)25)18-8-3-1-2-4-17-12(8)21/h5-6,8,18H,1-4H2,(H,17,21)/t8-/m0/s1. The molecule has 0 aliphatic carbocycles. The van der Waals surface area contributed by atoms with Gasteiger partial charge < -0.3 is 10.6 Å². The second kappa shape index (κ2) is 6.91. The van der Waals surface area contributed by atoms with Gasteiger partial charge in [0.1, 0.15) is 6.04 Å². The van der Waals surface area contributed by atoms with E-state index < -0.39 is 50.6 Å². The predicted molar refractivity (Wildman–Crippen MR) is 79.0 cm³/mol. The Kier molecular flexibility index (Phi) is 5.09. The number of hydrogen-bond acceptors (Lipinski definition) is 6. The van der Waals surface area contributed by atoms with Crippen molar-refractivity contribution >= 4 is 23.0 Å². The Morgan fingerprint density at radius 2 is 1.68 bits per heavy atom. The van der Waals surface area contributed by atoms with Crippen LogP contribution in [0.3, 0.4) is 0 Å². The molecule has 9 nitrogen and oxygen atoms in total. The van der Waals surface area contributed by atoms with Gasteiger partial charge in [-0.3, -0.25) is 25.0 Å². The van der Waals surface area contributed by atoms with Crippen LogP contribution in [0, 0.1) is 20.2 Å². The first-order valence-corrected chi connectivity index (χ1v) is 7.19. The summed E-state index contributed by atoms with van der Waals surface area (Å²) in [5, 5.41) is 27.2. The third kappa shape index (κ3) is 4.14. The molecule has 1 aliphatic heterocycles. The second-order valence-electron chi connectivity index (χ2n) is 5.39. The lowest BCUT2D eigenvalue weighted by Gasteiger charge is -2.17. The molecule has 25 heavy (non-hydrogen) atoms. The highest BCUT2D eigenvalue weighted by Gasteiger charge is 2.38. The van der Waals surface area contributed by atoms with Crippen molar-refractivity contribution in [3.63, 3.8) is 0 Å². The summed E-state index contributed by atoms with van der Waals surface area (Å²) in [7, 11) is 0. The molecule has 0 saturated carbocycles. The van der Waals surface area contributed by atoms with Crippen molar-refractivity contribution in [2.75, 3.05) is 11.9 Å². The van der Waals surface area contributed by atoms with Gasteiger partial charge in [0.25, 0.3) is 11.4 Å². The Hall–Kier alpha value is -2.92. The van der Waals surface area contributed by atoms with Crippen molar-refractivity contribution in [3.05, 3.63) is 37.9 Å². The number of halogens is 3. The minimum atomic E-state index is -4.99. The van der Waals surface area contributed by atoms with E-state index in [2.05, 4.69) is 10.6 Å². The van der Waals surface area contributed by atoms with E-state index in [-0.39, 0.29) is 18.6 Å². The van der Waals surface area contributed by atoms with Gasteiger partial charge in [-0.2, -0.15) is 13.2 Å². The number of nitrogens with one attached hydrogen (secondary N) is 2. The van der Waals surface area contributed by atoms with Crippen LogP contribution in [-0.4, -0.2) is 28.3 Å². The van der Waals surface area contributed by atoms with Crippen molar-refractivity contribution in [3.8, 4) is 0 Å². The number of alkyl halides is 3. The molecule has 1 aliphatic rings. The summed E-state index contributed by atoms with van der Waals surface area (Å²) in [5.41, 5.74) is -4.45. The van der Waals surface area contributed by atoms with Crippen molar-refractivity contribution in [2.24, 2.45) is 0 Å². The van der Waals surface area contributed by atoms with Crippen molar-refractivity contribution in [2.45, 2.75) is 31.5 Å². The average Bonchev–Trinajstić information content (AvgIpc) is 2.70. The Balaban J connectivity index is 2.56. The van der Waals surface area contributed by atoms with Gasteiger partial charge in [0.2, 0.25) is 5.91 Å². The lowest BCUT2D eigenvalue weighted by molar-refractivity contribution is -0.392. The van der Waals surface area contributed by atoms with Crippen LogP contribution in [0.2, 0.25) is 0 Å². The Labute approximate surface area is 138 Å². The van der Waals surface area contributed by atoms with Gasteiger partial charge in [0, 0.05) is 18.7 Å². The second-order valence-corrected chi connectivity index (χ2v) is 5.39. The maximum Gasteiger partial charge on any atom is 0.416 e. The first-order valence-electron chi connectivity index (χ1n) is 7.19. The Morgan fingerprint density at radius 3 is 2.16 bits per heavy atom. The zero-order valence-corrected chi connectivity index (χ0v) is 12.6. The summed E-state index contributed by atoms with van der Waals surface area (Å²) in [5.74, 6) is -0.527. The SMILES string of the molecule is O=C1NCCCC[C@@H]1Nc1c([N+](=O)[O-])cc(C(F)(F)F)cc1[N+](=O)[O-]. The number of rotatable bonds is 4. The average molecular weight is 362 g/mol. The van der Waals surface area contributed by atoms with E-state index in [1.807, 2.05) is 0 Å². The van der Waals surface area contributed by atoms with Crippen LogP contribution in [0.25, 0.3) is 0 Å². The molecule has 12 heteroatoms. The molecule has 2 rings (SSSR count). The fourth-order valence-corrected chi connectivity index (χ4v) is 2.46. The first-order chi connectivity index (χ1) is 11.6. The molecule has 0 bridgehead atoms. The van der Waals surface area contributed by atoms with Crippen LogP contribution in [0.1, 0.15) is 24.8 Å². The van der Waals surface area contributed by atoms with Crippen molar-refractivity contribution < 1.29 is 27.8 Å². The van der Waals surface area contributed by atoms with E-state index in [4.69, 9.17) is 0 Å². The molecule has 1 aromatic rings. The fraction of sp³-hybridized carbons (Fsp3) is 0.462. The molecule has 136 valence electrons. The number of amides is 1. The molecule has 1 heterocycles. The van der Waals surface area contributed by atoms with Crippen LogP contribution >= 0.6 is 0 Å². The first kappa shape index (κ1) is 18.4. The molecule has 1 aromatic carbocycles. The zero-order valence-electron chi connectivity index (χ0n) is 12.6. The highest BCUT2D eigenvalue weighted by Crippen LogP contribution is 2.41. The van der Waals surface area contributed by atoms with Crippen molar-refractivity contribution in [1.82, 2.24) is 5.32 Å². The van der Waals surface area contributed by atoms with E-state index in [0.29, 0.717) is 19.4 Å². The number of nitrogens with zero attached hydrogens (tertiary/aromatic N) is 2. The zero-order chi connectivity index (χ0) is 18.8.